The minimum Gasteiger partial charge on any atom is -0.444 e. The molecule has 280 valence electrons. The Morgan fingerprint density at radius 3 is 1.89 bits per heavy atom. The van der Waals surface area contributed by atoms with Crippen LogP contribution in [-0.2, 0) is 4.74 Å². The van der Waals surface area contributed by atoms with Gasteiger partial charge in [0.2, 0.25) is 22.2 Å². The highest BCUT2D eigenvalue weighted by atomic mass is 35.5. The fourth-order valence-electron chi connectivity index (χ4n) is 6.33. The number of hydrogen-bond acceptors (Lipinski definition) is 15. The molecule has 0 saturated carbocycles. The van der Waals surface area contributed by atoms with E-state index in [-0.39, 0.29) is 6.04 Å². The second-order valence-electron chi connectivity index (χ2n) is 13.7. The van der Waals surface area contributed by atoms with Crippen molar-refractivity contribution in [2.75, 3.05) is 46.6 Å². The number of ether oxygens (including phenoxy) is 1. The third-order valence-corrected chi connectivity index (χ3v) is 10.9. The third kappa shape index (κ3) is 8.51. The Morgan fingerprint density at radius 2 is 1.38 bits per heavy atom. The van der Waals surface area contributed by atoms with Gasteiger partial charge >= 0.3 is 6.09 Å². The van der Waals surface area contributed by atoms with Gasteiger partial charge in [-0.3, -0.25) is 10.2 Å². The number of H-pyrrole nitrogens is 2. The van der Waals surface area contributed by atoms with Crippen molar-refractivity contribution < 1.29 is 9.53 Å². The number of rotatable bonds is 9. The summed E-state index contributed by atoms with van der Waals surface area (Å²) in [6.45, 7) is 8.46. The zero-order chi connectivity index (χ0) is 37.1. The number of fused-ring (bicyclic) bond motifs is 2. The third-order valence-electron chi connectivity index (χ3n) is 8.85. The molecule has 2 aliphatic heterocycles. The van der Waals surface area contributed by atoms with E-state index in [1.54, 1.807) is 12.4 Å². The maximum Gasteiger partial charge on any atom is 0.407 e. The molecule has 6 aromatic rings. The summed E-state index contributed by atoms with van der Waals surface area (Å²) in [6, 6.07) is 8.10. The van der Waals surface area contributed by atoms with Crippen molar-refractivity contribution in [2.24, 2.45) is 5.73 Å². The number of nitrogens with one attached hydrogen (secondary N) is 5. The lowest BCUT2D eigenvalue weighted by molar-refractivity contribution is 0.0524. The van der Waals surface area contributed by atoms with Crippen molar-refractivity contribution in [1.82, 2.24) is 44.4 Å². The first-order chi connectivity index (χ1) is 25.6. The topological polar surface area (TPSA) is 204 Å². The normalized spacial score (nSPS) is 17.3. The monoisotopic (exact) mass is 798 g/mol. The molecule has 8 rings (SSSR count). The van der Waals surface area contributed by atoms with Gasteiger partial charge in [0.25, 0.3) is 0 Å². The highest BCUT2D eigenvalue weighted by Crippen LogP contribution is 2.35. The summed E-state index contributed by atoms with van der Waals surface area (Å²) in [5.74, 6) is 1.39. The SMILES string of the molecule is CC(C)(C)OC(=O)NC[C@@H]1CCCN1c1nsc(Nc2ccc3[nH]ncc3c2Cl)n1.NC[C@@H]1CCCN1c1nsc(Nc2ccc3[nH]ncc3c2Cl)n1. The quantitative estimate of drug-likeness (QED) is 0.0870. The van der Waals surface area contributed by atoms with Gasteiger partial charge in [0.15, 0.2) is 0 Å². The molecule has 7 N–H and O–H groups in total. The fraction of sp³-hybridized carbons (Fsp3) is 0.424. The van der Waals surface area contributed by atoms with Crippen LogP contribution in [0.2, 0.25) is 10.0 Å². The number of aromatic nitrogens is 8. The number of carbonyl (C=O) groups is 1. The molecule has 53 heavy (non-hydrogen) atoms. The molecule has 2 fully saturated rings. The number of halogens is 2. The number of amides is 1. The number of benzene rings is 2. The average Bonchev–Trinajstić information content (AvgIpc) is 3.97. The van der Waals surface area contributed by atoms with E-state index in [2.05, 4.69) is 64.9 Å². The highest BCUT2D eigenvalue weighted by molar-refractivity contribution is 7.10. The number of alkyl carbamates (subject to hydrolysis) is 1. The van der Waals surface area contributed by atoms with Crippen LogP contribution in [0.1, 0.15) is 46.5 Å². The molecule has 2 aliphatic rings. The minimum absolute atomic E-state index is 0.130. The van der Waals surface area contributed by atoms with Crippen LogP contribution in [0, 0.1) is 0 Å². The molecule has 0 aliphatic carbocycles. The molecule has 2 saturated heterocycles. The second kappa shape index (κ2) is 15.9. The zero-order valence-corrected chi connectivity index (χ0v) is 32.5. The zero-order valence-electron chi connectivity index (χ0n) is 29.3. The Labute approximate surface area is 323 Å². The van der Waals surface area contributed by atoms with Gasteiger partial charge in [-0.2, -0.15) is 28.9 Å². The highest BCUT2D eigenvalue weighted by Gasteiger charge is 2.29. The number of nitrogens with two attached hydrogens (primary N) is 1. The average molecular weight is 800 g/mol. The molecule has 2 atom stereocenters. The van der Waals surface area contributed by atoms with Crippen LogP contribution in [0.5, 0.6) is 0 Å². The predicted molar refractivity (Wildman–Crippen MR) is 213 cm³/mol. The van der Waals surface area contributed by atoms with Crippen molar-refractivity contribution in [3.63, 3.8) is 0 Å². The summed E-state index contributed by atoms with van der Waals surface area (Å²) in [7, 11) is 0. The molecular weight excluding hydrogens is 759 g/mol. The summed E-state index contributed by atoms with van der Waals surface area (Å²) in [6.07, 6.45) is 7.21. The molecular formula is C33H40Cl2N14O2S2. The maximum absolute atomic E-state index is 12.0. The van der Waals surface area contributed by atoms with Crippen molar-refractivity contribution in [3.05, 3.63) is 46.7 Å². The minimum atomic E-state index is -0.517. The van der Waals surface area contributed by atoms with Gasteiger partial charge in [-0.15, -0.1) is 0 Å². The van der Waals surface area contributed by atoms with Crippen molar-refractivity contribution >= 4 is 108 Å². The molecule has 0 radical (unpaired) electrons. The van der Waals surface area contributed by atoms with Crippen LogP contribution in [0.3, 0.4) is 0 Å². The Hall–Kier alpha value is -4.49. The Morgan fingerprint density at radius 1 is 0.868 bits per heavy atom. The number of anilines is 6. The lowest BCUT2D eigenvalue weighted by atomic mass is 10.2. The van der Waals surface area contributed by atoms with Gasteiger partial charge in [0.1, 0.15) is 5.60 Å². The first-order valence-corrected chi connectivity index (χ1v) is 19.5. The molecule has 0 spiro atoms. The first kappa shape index (κ1) is 36.9. The number of aromatic amines is 2. The number of nitrogens with zero attached hydrogens (tertiary/aromatic N) is 8. The van der Waals surface area contributed by atoms with Crippen LogP contribution in [0.15, 0.2) is 36.7 Å². The molecule has 6 heterocycles. The van der Waals surface area contributed by atoms with Crippen LogP contribution in [0.4, 0.5) is 38.3 Å². The first-order valence-electron chi connectivity index (χ1n) is 17.2. The summed E-state index contributed by atoms with van der Waals surface area (Å²) < 4.78 is 14.3. The van der Waals surface area contributed by atoms with E-state index in [9.17, 15) is 4.79 Å². The molecule has 2 aromatic carbocycles. The molecule has 4 aromatic heterocycles. The Balaban J connectivity index is 0.000000170. The second-order valence-corrected chi connectivity index (χ2v) is 15.9. The van der Waals surface area contributed by atoms with Gasteiger partial charge in [0, 0.05) is 72.1 Å². The van der Waals surface area contributed by atoms with E-state index >= 15 is 0 Å². The lowest BCUT2D eigenvalue weighted by Gasteiger charge is -2.25. The van der Waals surface area contributed by atoms with E-state index in [0.717, 1.165) is 77.9 Å². The van der Waals surface area contributed by atoms with E-state index in [1.165, 1.54) is 23.1 Å². The van der Waals surface area contributed by atoms with E-state index < -0.39 is 11.7 Å². The van der Waals surface area contributed by atoms with Crippen molar-refractivity contribution in [2.45, 2.75) is 64.1 Å². The summed E-state index contributed by atoms with van der Waals surface area (Å²) in [5.41, 5.74) is 8.62. The summed E-state index contributed by atoms with van der Waals surface area (Å²) in [4.78, 5) is 25.5. The fourth-order valence-corrected chi connectivity index (χ4v) is 8.03. The lowest BCUT2D eigenvalue weighted by Crippen LogP contribution is -2.42. The summed E-state index contributed by atoms with van der Waals surface area (Å²) in [5, 5.41) is 27.4. The standard InChI is InChI=1S/C19H24ClN7O2S.C14H16ClN7S/c1-19(2,3)29-18(28)21-9-11-5-4-8-27(11)16-24-17(30-26-16)23-14-7-6-13-12(15(14)20)10-22-25-13;15-12-9-7-17-20-10(9)3-4-11(12)18-14-19-13(21-23-14)22-5-1-2-8(22)6-16/h6-7,10-11H,4-5,8-9H2,1-3H3,(H,21,28)(H,22,25)(H,23,24,26);3-4,7-8H,1-2,5-6,16H2,(H,17,20)(H,18,19,21)/t11-;8-/m00/s1. The van der Waals surface area contributed by atoms with Crippen LogP contribution < -0.4 is 31.5 Å². The Bertz CT molecular complexity index is 2180. The van der Waals surface area contributed by atoms with Gasteiger partial charge in [0.05, 0.1) is 44.8 Å². The van der Waals surface area contributed by atoms with Crippen LogP contribution in [-0.4, -0.2) is 89.1 Å². The number of hydrogen-bond donors (Lipinski definition) is 6. The maximum atomic E-state index is 12.0. The van der Waals surface area contributed by atoms with Gasteiger partial charge in [-0.25, -0.2) is 4.79 Å². The molecule has 16 nitrogen and oxygen atoms in total. The molecule has 1 amide bonds. The molecule has 20 heteroatoms. The smallest absolute Gasteiger partial charge is 0.407 e. The predicted octanol–water partition coefficient (Wildman–Crippen LogP) is 7.04. The van der Waals surface area contributed by atoms with Crippen molar-refractivity contribution in [1.29, 1.82) is 0 Å². The van der Waals surface area contributed by atoms with E-state index in [1.807, 2.05) is 45.0 Å². The number of carbonyl (C=O) groups excluding carboxylic acids is 1. The van der Waals surface area contributed by atoms with Gasteiger partial charge in [-0.1, -0.05) is 23.2 Å². The van der Waals surface area contributed by atoms with Gasteiger partial charge in [-0.05, 0) is 70.7 Å². The molecule has 0 unspecified atom stereocenters. The largest absolute Gasteiger partial charge is 0.444 e. The van der Waals surface area contributed by atoms with E-state index in [0.29, 0.717) is 45.4 Å². The van der Waals surface area contributed by atoms with Crippen LogP contribution in [0.25, 0.3) is 21.8 Å². The van der Waals surface area contributed by atoms with Crippen LogP contribution >= 0.6 is 46.3 Å². The Kier molecular flexibility index (Phi) is 11.0. The summed E-state index contributed by atoms with van der Waals surface area (Å²) >= 11 is 15.5. The van der Waals surface area contributed by atoms with Gasteiger partial charge < -0.3 is 36.2 Å². The molecule has 0 bridgehead atoms. The van der Waals surface area contributed by atoms with Crippen molar-refractivity contribution in [3.8, 4) is 0 Å². The van der Waals surface area contributed by atoms with E-state index in [4.69, 9.17) is 33.7 Å².